The van der Waals surface area contributed by atoms with Crippen molar-refractivity contribution in [1.29, 1.82) is 0 Å². The number of benzene rings is 3. The summed E-state index contributed by atoms with van der Waals surface area (Å²) >= 11 is 0.997. The molecule has 0 saturated heterocycles. The fourth-order valence-electron chi connectivity index (χ4n) is 3.27. The van der Waals surface area contributed by atoms with Crippen LogP contribution in [0.25, 0.3) is 6.08 Å². The Balaban J connectivity index is 1.71. The van der Waals surface area contributed by atoms with Crippen LogP contribution in [0, 0.1) is 0 Å². The molecule has 0 unspecified atom stereocenters. The van der Waals surface area contributed by atoms with Crippen LogP contribution in [-0.2, 0) is 20.8 Å². The van der Waals surface area contributed by atoms with Gasteiger partial charge >= 0.3 is 5.97 Å². The molecule has 0 fully saturated rings. The zero-order chi connectivity index (χ0) is 25.0. The number of aryl methyl sites for hydroxylation is 1. The lowest BCUT2D eigenvalue weighted by molar-refractivity contribution is -0.141. The lowest BCUT2D eigenvalue weighted by Gasteiger charge is -2.16. The Morgan fingerprint density at radius 1 is 0.914 bits per heavy atom. The minimum Gasteiger partial charge on any atom is -0.480 e. The maximum absolute atomic E-state index is 13.0. The van der Waals surface area contributed by atoms with Crippen LogP contribution in [0.4, 0.5) is 0 Å². The van der Waals surface area contributed by atoms with E-state index in [1.54, 1.807) is 30.3 Å². The van der Waals surface area contributed by atoms with Crippen LogP contribution in [-0.4, -0.2) is 33.9 Å². The standard InChI is InChI=1S/C28H27NO5S/c1-20(30)35-19-23(18-22-12-15-25(16-13-22)34-24-10-6-3-7-11-24)27(31)29-26(28(32)33)17-14-21-8-4-2-5-9-21/h2-13,15-16,18,26H,14,17,19H2,1H3,(H,29,31)(H,32,33)/b23-18-/t26-/m0/s1. The summed E-state index contributed by atoms with van der Waals surface area (Å²) in [6.45, 7) is 1.43. The van der Waals surface area contributed by atoms with Crippen molar-refractivity contribution < 1.29 is 24.2 Å². The molecule has 0 saturated carbocycles. The fraction of sp³-hybridized carbons (Fsp3) is 0.179. The monoisotopic (exact) mass is 489 g/mol. The highest BCUT2D eigenvalue weighted by atomic mass is 32.2. The van der Waals surface area contributed by atoms with Gasteiger partial charge in [0.15, 0.2) is 5.12 Å². The fourth-order valence-corrected chi connectivity index (χ4v) is 3.85. The lowest BCUT2D eigenvalue weighted by Crippen LogP contribution is -2.42. The number of ether oxygens (including phenoxy) is 1. The van der Waals surface area contributed by atoms with Crippen molar-refractivity contribution in [2.24, 2.45) is 0 Å². The van der Waals surface area contributed by atoms with E-state index in [4.69, 9.17) is 4.74 Å². The van der Waals surface area contributed by atoms with Crippen LogP contribution in [0.1, 0.15) is 24.5 Å². The van der Waals surface area contributed by atoms with Gasteiger partial charge in [-0.25, -0.2) is 4.79 Å². The normalized spacial score (nSPS) is 12.0. The van der Waals surface area contributed by atoms with Crippen LogP contribution in [0.5, 0.6) is 11.5 Å². The summed E-state index contributed by atoms with van der Waals surface area (Å²) < 4.78 is 5.79. The average Bonchev–Trinajstić information content (AvgIpc) is 2.86. The maximum Gasteiger partial charge on any atom is 0.326 e. The summed E-state index contributed by atoms with van der Waals surface area (Å²) in [6, 6.07) is 25.0. The molecule has 7 heteroatoms. The molecule has 3 aromatic rings. The topological polar surface area (TPSA) is 92.7 Å². The second kappa shape index (κ2) is 13.2. The molecule has 0 aliphatic heterocycles. The molecule has 0 heterocycles. The number of carboxylic acids is 1. The molecule has 3 aromatic carbocycles. The maximum atomic E-state index is 13.0. The molecule has 2 N–H and O–H groups in total. The van der Waals surface area contributed by atoms with E-state index in [1.165, 1.54) is 6.92 Å². The molecule has 0 spiro atoms. The number of carbonyl (C=O) groups is 3. The van der Waals surface area contributed by atoms with E-state index in [1.807, 2.05) is 60.7 Å². The van der Waals surface area contributed by atoms with E-state index < -0.39 is 17.9 Å². The molecular weight excluding hydrogens is 462 g/mol. The Bertz CT molecular complexity index is 1160. The molecule has 1 atom stereocenters. The number of hydrogen-bond donors (Lipinski definition) is 2. The predicted octanol–water partition coefficient (Wildman–Crippen LogP) is 5.34. The average molecular weight is 490 g/mol. The zero-order valence-electron chi connectivity index (χ0n) is 19.3. The smallest absolute Gasteiger partial charge is 0.326 e. The summed E-state index contributed by atoms with van der Waals surface area (Å²) in [6.07, 6.45) is 2.43. The van der Waals surface area contributed by atoms with Gasteiger partial charge in [0.2, 0.25) is 5.91 Å². The minimum absolute atomic E-state index is 0.130. The van der Waals surface area contributed by atoms with E-state index in [9.17, 15) is 19.5 Å². The highest BCUT2D eigenvalue weighted by Crippen LogP contribution is 2.22. The van der Waals surface area contributed by atoms with E-state index in [-0.39, 0.29) is 17.3 Å². The van der Waals surface area contributed by atoms with Crippen molar-refractivity contribution in [3.63, 3.8) is 0 Å². The summed E-state index contributed by atoms with van der Waals surface area (Å²) in [5.41, 5.74) is 2.04. The summed E-state index contributed by atoms with van der Waals surface area (Å²) in [5.74, 6) is -0.124. The van der Waals surface area contributed by atoms with Gasteiger partial charge in [0.1, 0.15) is 17.5 Å². The number of amides is 1. The quantitative estimate of drug-likeness (QED) is 0.353. The van der Waals surface area contributed by atoms with Crippen LogP contribution >= 0.6 is 11.8 Å². The van der Waals surface area contributed by atoms with Crippen LogP contribution in [0.3, 0.4) is 0 Å². The molecule has 0 radical (unpaired) electrons. The van der Waals surface area contributed by atoms with Gasteiger partial charge in [-0.3, -0.25) is 9.59 Å². The highest BCUT2D eigenvalue weighted by Gasteiger charge is 2.22. The summed E-state index contributed by atoms with van der Waals surface area (Å²) in [7, 11) is 0. The largest absolute Gasteiger partial charge is 0.480 e. The second-order valence-electron chi connectivity index (χ2n) is 7.82. The van der Waals surface area contributed by atoms with Gasteiger partial charge in [0.25, 0.3) is 0 Å². The Morgan fingerprint density at radius 2 is 1.51 bits per heavy atom. The number of nitrogens with one attached hydrogen (secondary N) is 1. The Kier molecular flexibility index (Phi) is 9.69. The third-order valence-electron chi connectivity index (χ3n) is 5.09. The number of para-hydroxylation sites is 1. The van der Waals surface area contributed by atoms with Crippen LogP contribution in [0.15, 0.2) is 90.5 Å². The van der Waals surface area contributed by atoms with E-state index >= 15 is 0 Å². The first kappa shape index (κ1) is 25.8. The second-order valence-corrected chi connectivity index (χ2v) is 8.97. The SMILES string of the molecule is CC(=O)SC/C(=C/c1ccc(Oc2ccccc2)cc1)C(=O)N[C@@H](CCc1ccccc1)C(=O)O. The number of rotatable bonds is 11. The summed E-state index contributed by atoms with van der Waals surface area (Å²) in [5, 5.41) is 12.1. The van der Waals surface area contributed by atoms with Crippen molar-refractivity contribution in [1.82, 2.24) is 5.32 Å². The van der Waals surface area contributed by atoms with Crippen LogP contribution in [0.2, 0.25) is 0 Å². The predicted molar refractivity (Wildman–Crippen MR) is 138 cm³/mol. The van der Waals surface area contributed by atoms with Gasteiger partial charge in [-0.1, -0.05) is 72.4 Å². The molecular formula is C28H27NO5S. The van der Waals surface area contributed by atoms with Gasteiger partial charge in [0, 0.05) is 18.2 Å². The minimum atomic E-state index is -1.10. The van der Waals surface area contributed by atoms with E-state index in [0.29, 0.717) is 23.5 Å². The molecule has 6 nitrogen and oxygen atoms in total. The van der Waals surface area contributed by atoms with Crippen molar-refractivity contribution in [3.05, 3.63) is 102 Å². The number of thioether (sulfide) groups is 1. The van der Waals surface area contributed by atoms with Gasteiger partial charge in [0.05, 0.1) is 0 Å². The first-order valence-corrected chi connectivity index (χ1v) is 12.1. The molecule has 0 bridgehead atoms. The number of hydrogen-bond acceptors (Lipinski definition) is 5. The van der Waals surface area contributed by atoms with Gasteiger partial charge in [-0.2, -0.15) is 0 Å². The number of aliphatic carboxylic acids is 1. The van der Waals surface area contributed by atoms with E-state index in [2.05, 4.69) is 5.32 Å². The van der Waals surface area contributed by atoms with Gasteiger partial charge in [-0.05, 0) is 54.3 Å². The van der Waals surface area contributed by atoms with Gasteiger partial charge < -0.3 is 15.2 Å². The number of carboxylic acid groups (broad SMARTS) is 1. The molecule has 0 aromatic heterocycles. The van der Waals surface area contributed by atoms with Crippen LogP contribution < -0.4 is 10.1 Å². The Morgan fingerprint density at radius 3 is 2.11 bits per heavy atom. The molecule has 0 aliphatic carbocycles. The van der Waals surface area contributed by atoms with Crippen molar-refractivity contribution in [2.75, 3.05) is 5.75 Å². The van der Waals surface area contributed by atoms with E-state index in [0.717, 1.165) is 22.9 Å². The third-order valence-corrected chi connectivity index (χ3v) is 5.95. The zero-order valence-corrected chi connectivity index (χ0v) is 20.2. The third kappa shape index (κ3) is 8.79. The first-order valence-electron chi connectivity index (χ1n) is 11.1. The Hall–Kier alpha value is -3.84. The van der Waals surface area contributed by atoms with Crippen molar-refractivity contribution >= 4 is 34.8 Å². The molecule has 1 amide bonds. The molecule has 3 rings (SSSR count). The molecule has 35 heavy (non-hydrogen) atoms. The number of carbonyl (C=O) groups excluding carboxylic acids is 2. The van der Waals surface area contributed by atoms with Gasteiger partial charge in [-0.15, -0.1) is 0 Å². The summed E-state index contributed by atoms with van der Waals surface area (Å²) in [4.78, 5) is 36.3. The highest BCUT2D eigenvalue weighted by molar-refractivity contribution is 8.13. The van der Waals surface area contributed by atoms with Crippen molar-refractivity contribution in [3.8, 4) is 11.5 Å². The Labute approximate surface area is 209 Å². The molecule has 180 valence electrons. The first-order chi connectivity index (χ1) is 16.9. The molecule has 0 aliphatic rings. The van der Waals surface area contributed by atoms with Crippen molar-refractivity contribution in [2.45, 2.75) is 25.8 Å². The lowest BCUT2D eigenvalue weighted by atomic mass is 10.0.